The number of hydrogen-bond donors (Lipinski definition) is 2. The number of anilines is 2. The van der Waals surface area contributed by atoms with Gasteiger partial charge in [0.05, 0.1) is 9.93 Å². The molecular formula is C27H21ClFN3O5S. The van der Waals surface area contributed by atoms with Crippen molar-refractivity contribution in [1.82, 2.24) is 4.90 Å². The summed E-state index contributed by atoms with van der Waals surface area (Å²) in [6.07, 6.45) is 1.52. The number of amides is 4. The average molecular weight is 554 g/mol. The minimum Gasteiger partial charge on any atom is -0.484 e. The van der Waals surface area contributed by atoms with Gasteiger partial charge in [-0.3, -0.25) is 24.1 Å². The number of imide groups is 1. The molecule has 0 unspecified atom stereocenters. The van der Waals surface area contributed by atoms with E-state index in [1.165, 1.54) is 18.2 Å². The van der Waals surface area contributed by atoms with Crippen LogP contribution in [-0.4, -0.2) is 41.0 Å². The summed E-state index contributed by atoms with van der Waals surface area (Å²) in [6.45, 7) is 1.24. The lowest BCUT2D eigenvalue weighted by atomic mass is 10.2. The number of nitrogens with zero attached hydrogens (tertiary/aromatic N) is 1. The van der Waals surface area contributed by atoms with E-state index in [0.29, 0.717) is 28.8 Å². The van der Waals surface area contributed by atoms with Gasteiger partial charge >= 0.3 is 0 Å². The predicted octanol–water partition coefficient (Wildman–Crippen LogP) is 5.48. The normalized spacial score (nSPS) is 14.1. The Morgan fingerprint density at radius 3 is 2.42 bits per heavy atom. The minimum absolute atomic E-state index is 0.152. The predicted molar refractivity (Wildman–Crippen MR) is 144 cm³/mol. The van der Waals surface area contributed by atoms with Crippen LogP contribution in [0.15, 0.2) is 71.6 Å². The number of carbonyl (C=O) groups excluding carboxylic acids is 4. The lowest BCUT2D eigenvalue weighted by Crippen LogP contribution is -2.36. The third kappa shape index (κ3) is 6.99. The molecule has 4 amide bonds. The number of nitrogens with one attached hydrogen (secondary N) is 2. The number of aryl methyl sites for hydroxylation is 1. The van der Waals surface area contributed by atoms with Gasteiger partial charge in [0.25, 0.3) is 17.1 Å². The van der Waals surface area contributed by atoms with Gasteiger partial charge in [-0.05, 0) is 78.4 Å². The summed E-state index contributed by atoms with van der Waals surface area (Å²) in [5, 5.41) is 4.48. The highest BCUT2D eigenvalue weighted by Crippen LogP contribution is 2.32. The molecular weight excluding hydrogens is 533 g/mol. The first-order valence-electron chi connectivity index (χ1n) is 11.3. The molecule has 1 aliphatic heterocycles. The Morgan fingerprint density at radius 1 is 1.00 bits per heavy atom. The Labute approximate surface area is 226 Å². The highest BCUT2D eigenvalue weighted by molar-refractivity contribution is 8.18. The second-order valence-corrected chi connectivity index (χ2v) is 9.62. The lowest BCUT2D eigenvalue weighted by Gasteiger charge is -2.12. The fourth-order valence-corrected chi connectivity index (χ4v) is 4.45. The molecule has 0 aliphatic carbocycles. The third-order valence-electron chi connectivity index (χ3n) is 5.23. The first-order valence-corrected chi connectivity index (χ1v) is 12.5. The Kier molecular flexibility index (Phi) is 8.45. The highest BCUT2D eigenvalue weighted by Gasteiger charge is 2.36. The van der Waals surface area contributed by atoms with Gasteiger partial charge < -0.3 is 15.4 Å². The van der Waals surface area contributed by atoms with Gasteiger partial charge in [0, 0.05) is 11.4 Å². The number of rotatable bonds is 8. The number of hydrogen-bond acceptors (Lipinski definition) is 6. The molecule has 194 valence electrons. The second kappa shape index (κ2) is 11.9. The second-order valence-electron chi connectivity index (χ2n) is 8.22. The smallest absolute Gasteiger partial charge is 0.294 e. The van der Waals surface area contributed by atoms with Gasteiger partial charge in [0.1, 0.15) is 18.1 Å². The summed E-state index contributed by atoms with van der Waals surface area (Å²) < 4.78 is 18.8. The van der Waals surface area contributed by atoms with Gasteiger partial charge in [-0.2, -0.15) is 0 Å². The fraction of sp³-hybridized carbons (Fsp3) is 0.111. The zero-order valence-corrected chi connectivity index (χ0v) is 21.6. The largest absolute Gasteiger partial charge is 0.484 e. The van der Waals surface area contributed by atoms with Crippen LogP contribution in [0.4, 0.5) is 20.6 Å². The molecule has 8 nitrogen and oxygen atoms in total. The van der Waals surface area contributed by atoms with Crippen LogP contribution in [0.2, 0.25) is 5.02 Å². The quantitative estimate of drug-likeness (QED) is 0.358. The van der Waals surface area contributed by atoms with Crippen molar-refractivity contribution in [3.8, 4) is 5.75 Å². The minimum atomic E-state index is -0.635. The van der Waals surface area contributed by atoms with E-state index in [-0.39, 0.29) is 28.1 Å². The van der Waals surface area contributed by atoms with Crippen molar-refractivity contribution < 1.29 is 28.3 Å². The maximum atomic E-state index is 13.3. The van der Waals surface area contributed by atoms with Crippen LogP contribution in [0.1, 0.15) is 11.1 Å². The lowest BCUT2D eigenvalue weighted by molar-refractivity contribution is -0.127. The molecule has 0 aromatic heterocycles. The Hall–Kier alpha value is -4.15. The zero-order chi connectivity index (χ0) is 27.2. The summed E-state index contributed by atoms with van der Waals surface area (Å²) in [5.41, 5.74) is 2.56. The van der Waals surface area contributed by atoms with E-state index < -0.39 is 29.4 Å². The molecule has 0 spiro atoms. The van der Waals surface area contributed by atoms with Gasteiger partial charge in [-0.25, -0.2) is 4.39 Å². The van der Waals surface area contributed by atoms with Gasteiger partial charge in [-0.15, -0.1) is 0 Å². The first-order chi connectivity index (χ1) is 18.2. The number of thioether (sulfide) groups is 1. The molecule has 3 aromatic carbocycles. The summed E-state index contributed by atoms with van der Waals surface area (Å²) >= 11 is 6.42. The summed E-state index contributed by atoms with van der Waals surface area (Å²) in [6, 6.07) is 17.7. The first kappa shape index (κ1) is 26.9. The van der Waals surface area contributed by atoms with Crippen LogP contribution >= 0.6 is 23.4 Å². The molecule has 0 saturated carbocycles. The Morgan fingerprint density at radius 2 is 1.71 bits per heavy atom. The summed E-state index contributed by atoms with van der Waals surface area (Å²) in [5.74, 6) is -1.74. The summed E-state index contributed by atoms with van der Waals surface area (Å²) in [7, 11) is 0. The SMILES string of the molecule is Cc1cccc(NC(=O)COc2ccc(/C=C3/SC(=O)N(CC(=O)Nc4ccc(F)c(Cl)c4)C3=O)cc2)c1. The van der Waals surface area contributed by atoms with Gasteiger partial charge in [-0.1, -0.05) is 35.9 Å². The van der Waals surface area contributed by atoms with E-state index in [0.717, 1.165) is 16.5 Å². The zero-order valence-electron chi connectivity index (χ0n) is 20.0. The van der Waals surface area contributed by atoms with Crippen molar-refractivity contribution in [3.63, 3.8) is 0 Å². The molecule has 38 heavy (non-hydrogen) atoms. The van der Waals surface area contributed by atoms with E-state index in [1.54, 1.807) is 30.3 Å². The van der Waals surface area contributed by atoms with E-state index in [1.807, 2.05) is 25.1 Å². The number of benzene rings is 3. The van der Waals surface area contributed by atoms with Crippen molar-refractivity contribution in [2.45, 2.75) is 6.92 Å². The Bertz CT molecular complexity index is 1440. The maximum absolute atomic E-state index is 13.3. The molecule has 1 saturated heterocycles. The molecule has 1 heterocycles. The Balaban J connectivity index is 1.31. The molecule has 0 atom stereocenters. The molecule has 0 radical (unpaired) electrons. The molecule has 1 aliphatic rings. The summed E-state index contributed by atoms with van der Waals surface area (Å²) in [4.78, 5) is 50.5. The van der Waals surface area contributed by atoms with Crippen LogP contribution in [0.3, 0.4) is 0 Å². The van der Waals surface area contributed by atoms with E-state index in [9.17, 15) is 23.6 Å². The van der Waals surface area contributed by atoms with Crippen molar-refractivity contribution >= 4 is 63.8 Å². The molecule has 0 bridgehead atoms. The number of carbonyl (C=O) groups is 4. The molecule has 2 N–H and O–H groups in total. The van der Waals surface area contributed by atoms with E-state index in [4.69, 9.17) is 16.3 Å². The number of halogens is 2. The monoisotopic (exact) mass is 553 g/mol. The van der Waals surface area contributed by atoms with Crippen molar-refractivity contribution in [2.24, 2.45) is 0 Å². The van der Waals surface area contributed by atoms with Crippen molar-refractivity contribution in [1.29, 1.82) is 0 Å². The van der Waals surface area contributed by atoms with Crippen LogP contribution in [-0.2, 0) is 14.4 Å². The average Bonchev–Trinajstić information content (AvgIpc) is 3.13. The molecule has 11 heteroatoms. The van der Waals surface area contributed by atoms with E-state index in [2.05, 4.69) is 10.6 Å². The standard InChI is InChI=1S/C27H21ClFN3O5S/c1-16-3-2-4-18(11-16)31-25(34)15-37-20-8-5-17(6-9-20)12-23-26(35)32(27(36)38-23)14-24(33)30-19-7-10-22(29)21(28)13-19/h2-13H,14-15H2,1H3,(H,30,33)(H,31,34)/b23-12+. The number of ether oxygens (including phenoxy) is 1. The van der Waals surface area contributed by atoms with Crippen LogP contribution < -0.4 is 15.4 Å². The van der Waals surface area contributed by atoms with Crippen molar-refractivity contribution in [3.05, 3.63) is 93.6 Å². The topological polar surface area (TPSA) is 105 Å². The highest BCUT2D eigenvalue weighted by atomic mass is 35.5. The van der Waals surface area contributed by atoms with E-state index >= 15 is 0 Å². The van der Waals surface area contributed by atoms with Crippen LogP contribution in [0.25, 0.3) is 6.08 Å². The molecule has 3 aromatic rings. The fourth-order valence-electron chi connectivity index (χ4n) is 3.43. The molecule has 1 fully saturated rings. The van der Waals surface area contributed by atoms with Crippen LogP contribution in [0, 0.1) is 12.7 Å². The van der Waals surface area contributed by atoms with Gasteiger partial charge in [0.2, 0.25) is 5.91 Å². The molecule has 4 rings (SSSR count). The maximum Gasteiger partial charge on any atom is 0.294 e. The third-order valence-corrected chi connectivity index (χ3v) is 6.43. The van der Waals surface area contributed by atoms with Gasteiger partial charge in [0.15, 0.2) is 6.61 Å². The van der Waals surface area contributed by atoms with Crippen LogP contribution in [0.5, 0.6) is 5.75 Å². The van der Waals surface area contributed by atoms with Crippen molar-refractivity contribution in [2.75, 3.05) is 23.8 Å².